The van der Waals surface area contributed by atoms with Gasteiger partial charge in [0, 0.05) is 11.9 Å². The fraction of sp³-hybridized carbons (Fsp3) is 0.636. The maximum Gasteiger partial charge on any atom is 0.250 e. The van der Waals surface area contributed by atoms with Crippen molar-refractivity contribution in [3.05, 3.63) is 15.4 Å². The van der Waals surface area contributed by atoms with Crippen LogP contribution in [-0.2, 0) is 10.0 Å². The van der Waals surface area contributed by atoms with E-state index in [-0.39, 0.29) is 5.41 Å². The van der Waals surface area contributed by atoms with E-state index >= 15 is 0 Å². The summed E-state index contributed by atoms with van der Waals surface area (Å²) in [5.74, 6) is 0. The number of sulfonamides is 1. The van der Waals surface area contributed by atoms with Crippen molar-refractivity contribution in [2.75, 3.05) is 11.9 Å². The van der Waals surface area contributed by atoms with Gasteiger partial charge >= 0.3 is 0 Å². The Morgan fingerprint density at radius 1 is 1.44 bits per heavy atom. The summed E-state index contributed by atoms with van der Waals surface area (Å²) in [6.07, 6.45) is 0.919. The molecule has 0 fully saturated rings. The van der Waals surface area contributed by atoms with Gasteiger partial charge in [-0.15, -0.1) is 11.3 Å². The molecule has 0 aliphatic carbocycles. The van der Waals surface area contributed by atoms with E-state index in [4.69, 9.17) is 0 Å². The largest absolute Gasteiger partial charge is 0.250 e. The molecule has 0 spiro atoms. The van der Waals surface area contributed by atoms with Crippen LogP contribution in [0.15, 0.2) is 14.1 Å². The topological polar surface area (TPSA) is 46.2 Å². The summed E-state index contributed by atoms with van der Waals surface area (Å²) in [6, 6.07) is 1.69. The van der Waals surface area contributed by atoms with Crippen molar-refractivity contribution in [2.24, 2.45) is 5.41 Å². The molecule has 3 nitrogen and oxygen atoms in total. The maximum atomic E-state index is 12.1. The molecule has 104 valence electrons. The number of thiophene rings is 1. The summed E-state index contributed by atoms with van der Waals surface area (Å²) >= 11 is 7.97. The number of alkyl halides is 1. The third-order valence-corrected chi connectivity index (χ3v) is 7.02. The lowest BCUT2D eigenvalue weighted by Crippen LogP contribution is -2.33. The molecule has 0 saturated heterocycles. The Balaban J connectivity index is 2.77. The van der Waals surface area contributed by atoms with Gasteiger partial charge < -0.3 is 0 Å². The number of halogens is 2. The number of nitrogens with one attached hydrogen (secondary N) is 1. The second kappa shape index (κ2) is 6.35. The fourth-order valence-electron chi connectivity index (χ4n) is 1.27. The highest BCUT2D eigenvalue weighted by Gasteiger charge is 2.23. The first-order chi connectivity index (χ1) is 8.18. The summed E-state index contributed by atoms with van der Waals surface area (Å²) in [6.45, 7) is 6.42. The predicted molar refractivity (Wildman–Crippen MR) is 84.1 cm³/mol. The smallest absolute Gasteiger partial charge is 0.210 e. The standard InChI is InChI=1S/C11H17Br2NO2S2/c1-8-6-9(17-10(8)13)18(15,16)14-7-11(2,3)4-5-12/h6,14H,4-5,7H2,1-3H3. The molecule has 0 aromatic carbocycles. The molecular weight excluding hydrogens is 402 g/mol. The third-order valence-electron chi connectivity index (χ3n) is 2.61. The van der Waals surface area contributed by atoms with Crippen LogP contribution in [0.4, 0.5) is 0 Å². The van der Waals surface area contributed by atoms with Crippen molar-refractivity contribution in [1.82, 2.24) is 4.72 Å². The van der Waals surface area contributed by atoms with Crippen LogP contribution in [0.3, 0.4) is 0 Å². The Morgan fingerprint density at radius 3 is 2.50 bits per heavy atom. The van der Waals surface area contributed by atoms with Gasteiger partial charge in [0.1, 0.15) is 4.21 Å². The zero-order chi connectivity index (χ0) is 14.0. The van der Waals surface area contributed by atoms with Gasteiger partial charge in [0.2, 0.25) is 10.0 Å². The quantitative estimate of drug-likeness (QED) is 0.711. The molecule has 0 aliphatic rings. The molecule has 0 saturated carbocycles. The van der Waals surface area contributed by atoms with Gasteiger partial charge in [0.15, 0.2) is 0 Å². The van der Waals surface area contributed by atoms with Gasteiger partial charge in [-0.05, 0) is 46.3 Å². The highest BCUT2D eigenvalue weighted by Crippen LogP contribution is 2.30. The zero-order valence-corrected chi connectivity index (χ0v) is 15.4. The lowest BCUT2D eigenvalue weighted by atomic mass is 9.91. The lowest BCUT2D eigenvalue weighted by Gasteiger charge is -2.23. The zero-order valence-electron chi connectivity index (χ0n) is 10.6. The van der Waals surface area contributed by atoms with Crippen LogP contribution >= 0.6 is 43.2 Å². The number of rotatable bonds is 6. The molecule has 18 heavy (non-hydrogen) atoms. The van der Waals surface area contributed by atoms with E-state index < -0.39 is 10.0 Å². The van der Waals surface area contributed by atoms with Crippen LogP contribution in [0.5, 0.6) is 0 Å². The van der Waals surface area contributed by atoms with E-state index in [2.05, 4.69) is 36.6 Å². The highest BCUT2D eigenvalue weighted by molar-refractivity contribution is 9.11. The molecule has 7 heteroatoms. The molecule has 1 N–H and O–H groups in total. The summed E-state index contributed by atoms with van der Waals surface area (Å²) in [4.78, 5) is 0. The summed E-state index contributed by atoms with van der Waals surface area (Å²) < 4.78 is 28.1. The van der Waals surface area contributed by atoms with E-state index in [1.807, 2.05) is 20.8 Å². The predicted octanol–water partition coefficient (Wildman–Crippen LogP) is 3.91. The summed E-state index contributed by atoms with van der Waals surface area (Å²) in [5, 5.41) is 0.866. The second-order valence-corrected chi connectivity index (χ2v) is 10.1. The molecule has 0 aliphatic heterocycles. The SMILES string of the molecule is Cc1cc(S(=O)(=O)NCC(C)(C)CCBr)sc1Br. The van der Waals surface area contributed by atoms with Crippen molar-refractivity contribution < 1.29 is 8.42 Å². The minimum absolute atomic E-state index is 0.0555. The van der Waals surface area contributed by atoms with Gasteiger partial charge in [-0.3, -0.25) is 0 Å². The molecule has 1 aromatic heterocycles. The third kappa shape index (κ3) is 4.59. The molecule has 0 bridgehead atoms. The molecule has 0 unspecified atom stereocenters. The monoisotopic (exact) mass is 417 g/mol. The van der Waals surface area contributed by atoms with E-state index in [1.54, 1.807) is 6.07 Å². The Morgan fingerprint density at radius 2 is 2.06 bits per heavy atom. The molecule has 0 radical (unpaired) electrons. The average molecular weight is 419 g/mol. The van der Waals surface area contributed by atoms with E-state index in [0.717, 1.165) is 21.1 Å². The Labute approximate surface area is 130 Å². The van der Waals surface area contributed by atoms with Gasteiger partial charge in [0.25, 0.3) is 0 Å². The first kappa shape index (κ1) is 16.6. The molecular formula is C11H17Br2NO2S2. The van der Waals surface area contributed by atoms with Crippen LogP contribution in [0.25, 0.3) is 0 Å². The fourth-order valence-corrected chi connectivity index (χ4v) is 5.86. The van der Waals surface area contributed by atoms with Crippen molar-refractivity contribution in [3.8, 4) is 0 Å². The molecule has 1 rings (SSSR count). The maximum absolute atomic E-state index is 12.1. The number of aryl methyl sites for hydroxylation is 1. The Hall–Kier alpha value is 0.570. The molecule has 0 amide bonds. The number of hydrogen-bond donors (Lipinski definition) is 1. The minimum atomic E-state index is -3.39. The van der Waals surface area contributed by atoms with Crippen LogP contribution < -0.4 is 4.72 Å². The average Bonchev–Trinajstić information content (AvgIpc) is 2.58. The Kier molecular flexibility index (Phi) is 5.86. The minimum Gasteiger partial charge on any atom is -0.210 e. The van der Waals surface area contributed by atoms with Crippen molar-refractivity contribution in [3.63, 3.8) is 0 Å². The second-order valence-electron chi connectivity index (χ2n) is 4.95. The van der Waals surface area contributed by atoms with Crippen molar-refractivity contribution in [1.29, 1.82) is 0 Å². The van der Waals surface area contributed by atoms with Gasteiger partial charge in [0.05, 0.1) is 3.79 Å². The van der Waals surface area contributed by atoms with E-state index in [1.165, 1.54) is 11.3 Å². The van der Waals surface area contributed by atoms with E-state index in [0.29, 0.717) is 10.8 Å². The molecule has 0 atom stereocenters. The van der Waals surface area contributed by atoms with Gasteiger partial charge in [-0.2, -0.15) is 0 Å². The number of hydrogen-bond acceptors (Lipinski definition) is 3. The van der Waals surface area contributed by atoms with Crippen LogP contribution in [0.2, 0.25) is 0 Å². The first-order valence-electron chi connectivity index (χ1n) is 5.49. The molecule has 1 aromatic rings. The van der Waals surface area contributed by atoms with Crippen LogP contribution in [0.1, 0.15) is 25.8 Å². The normalized spacial score (nSPS) is 12.9. The van der Waals surface area contributed by atoms with Crippen molar-refractivity contribution in [2.45, 2.75) is 31.4 Å². The Bertz CT molecular complexity index is 490. The molecule has 1 heterocycles. The summed E-state index contributed by atoms with van der Waals surface area (Å²) in [7, 11) is -3.39. The van der Waals surface area contributed by atoms with Crippen molar-refractivity contribution >= 4 is 53.2 Å². The van der Waals surface area contributed by atoms with Crippen LogP contribution in [-0.4, -0.2) is 20.3 Å². The van der Waals surface area contributed by atoms with Gasteiger partial charge in [-0.25, -0.2) is 13.1 Å². The van der Waals surface area contributed by atoms with Gasteiger partial charge in [-0.1, -0.05) is 29.8 Å². The first-order valence-corrected chi connectivity index (χ1v) is 9.71. The summed E-state index contributed by atoms with van der Waals surface area (Å²) in [5.41, 5.74) is 0.889. The lowest BCUT2D eigenvalue weighted by molar-refractivity contribution is 0.354. The highest BCUT2D eigenvalue weighted by atomic mass is 79.9. The van der Waals surface area contributed by atoms with Crippen LogP contribution in [0, 0.1) is 12.3 Å². The van der Waals surface area contributed by atoms with E-state index in [9.17, 15) is 8.42 Å².